The number of hydrogen-bond acceptors (Lipinski definition) is 5. The lowest BCUT2D eigenvalue weighted by molar-refractivity contribution is -0.130. The summed E-state index contributed by atoms with van der Waals surface area (Å²) >= 11 is 0. The highest BCUT2D eigenvalue weighted by molar-refractivity contribution is 6.28. The molecule has 4 aromatic carbocycles. The number of benzene rings is 4. The molecule has 1 saturated heterocycles. The van der Waals surface area contributed by atoms with Crippen LogP contribution in [0.15, 0.2) is 109 Å². The number of carbonyl (C=O) groups excluding carboxylic acids is 4. The monoisotopic (exact) mass is 558 g/mol. The van der Waals surface area contributed by atoms with Gasteiger partial charge in [-0.05, 0) is 61.2 Å². The van der Waals surface area contributed by atoms with E-state index in [1.165, 1.54) is 0 Å². The Morgan fingerprint density at radius 3 is 1.98 bits per heavy atom. The molecule has 42 heavy (non-hydrogen) atoms. The Morgan fingerprint density at radius 2 is 1.33 bits per heavy atom. The van der Waals surface area contributed by atoms with Crippen molar-refractivity contribution in [3.63, 3.8) is 0 Å². The van der Waals surface area contributed by atoms with Gasteiger partial charge >= 0.3 is 6.09 Å². The molecule has 210 valence electrons. The minimum Gasteiger partial charge on any atom is -0.443 e. The molecule has 4 aromatic rings. The van der Waals surface area contributed by atoms with Gasteiger partial charge in [-0.2, -0.15) is 0 Å². The molecule has 2 aliphatic heterocycles. The zero-order valence-corrected chi connectivity index (χ0v) is 23.6. The summed E-state index contributed by atoms with van der Waals surface area (Å²) in [6.45, 7) is 5.18. The van der Waals surface area contributed by atoms with Crippen LogP contribution in [0.4, 0.5) is 16.2 Å². The molecular weight excluding hydrogens is 528 g/mol. The minimum atomic E-state index is -1.64. The van der Waals surface area contributed by atoms with Crippen LogP contribution in [-0.4, -0.2) is 29.4 Å². The van der Waals surface area contributed by atoms with Crippen LogP contribution in [0, 0.1) is 5.92 Å². The average Bonchev–Trinajstić information content (AvgIpc) is 3.42. The predicted octanol–water partition coefficient (Wildman–Crippen LogP) is 6.50. The van der Waals surface area contributed by atoms with Crippen molar-refractivity contribution in [3.8, 4) is 11.1 Å². The molecule has 0 unspecified atom stereocenters. The maximum Gasteiger partial charge on any atom is 0.421 e. The summed E-state index contributed by atoms with van der Waals surface area (Å²) in [5, 5.41) is 0. The molecule has 0 spiro atoms. The first-order chi connectivity index (χ1) is 20.1. The zero-order valence-electron chi connectivity index (χ0n) is 23.6. The van der Waals surface area contributed by atoms with Gasteiger partial charge in [-0.15, -0.1) is 0 Å². The zero-order chi connectivity index (χ0) is 29.6. The number of anilines is 2. The van der Waals surface area contributed by atoms with Gasteiger partial charge in [0.25, 0.3) is 5.91 Å². The van der Waals surface area contributed by atoms with E-state index in [0.29, 0.717) is 22.5 Å². The second-order valence-electron chi connectivity index (χ2n) is 11.5. The minimum absolute atomic E-state index is 0.198. The molecule has 2 heterocycles. The van der Waals surface area contributed by atoms with Crippen molar-refractivity contribution in [3.05, 3.63) is 120 Å². The smallest absolute Gasteiger partial charge is 0.421 e. The standard InChI is InChI=1S/C35H30N2O5/c1-34(2,3)42-33(41)37-29-17-11-10-16-27(29)35(32(37)40,25-20-18-24(19-21-25)23-12-6-4-7-13-23)28-22-30(38)36(31(28)39)26-14-8-5-9-15-26/h4-21,28H,22H2,1-3H3/t28-,35-/m0/s1. The molecule has 7 nitrogen and oxygen atoms in total. The van der Waals surface area contributed by atoms with Crippen LogP contribution in [-0.2, 0) is 24.5 Å². The lowest BCUT2D eigenvalue weighted by atomic mass is 9.65. The number of nitrogens with zero attached hydrogens (tertiary/aromatic N) is 2. The first-order valence-electron chi connectivity index (χ1n) is 13.9. The highest BCUT2D eigenvalue weighted by Gasteiger charge is 2.64. The first kappa shape index (κ1) is 27.1. The summed E-state index contributed by atoms with van der Waals surface area (Å²) in [5.41, 5.74) is 1.19. The van der Waals surface area contributed by atoms with Gasteiger partial charge in [0.2, 0.25) is 11.8 Å². The average molecular weight is 559 g/mol. The molecule has 7 heteroatoms. The van der Waals surface area contributed by atoms with Gasteiger partial charge in [0.1, 0.15) is 11.0 Å². The van der Waals surface area contributed by atoms with Gasteiger partial charge in [-0.1, -0.05) is 91.0 Å². The van der Waals surface area contributed by atoms with Crippen LogP contribution in [0.5, 0.6) is 0 Å². The van der Waals surface area contributed by atoms with Crippen molar-refractivity contribution in [1.29, 1.82) is 0 Å². The number of imide groups is 2. The molecule has 0 saturated carbocycles. The fourth-order valence-electron chi connectivity index (χ4n) is 6.08. The van der Waals surface area contributed by atoms with Crippen molar-refractivity contribution in [2.45, 2.75) is 38.2 Å². The maximum absolute atomic E-state index is 14.8. The SMILES string of the molecule is CC(C)(C)OC(=O)N1C(=O)[C@](c2ccc(-c3ccccc3)cc2)([C@H]2CC(=O)N(c3ccccc3)C2=O)c2ccccc21. The first-order valence-corrected chi connectivity index (χ1v) is 13.9. The van der Waals surface area contributed by atoms with Gasteiger partial charge in [0.05, 0.1) is 17.3 Å². The predicted molar refractivity (Wildman–Crippen MR) is 160 cm³/mol. The number of ether oxygens (including phenoxy) is 1. The highest BCUT2D eigenvalue weighted by atomic mass is 16.6. The summed E-state index contributed by atoms with van der Waals surface area (Å²) in [4.78, 5) is 58.2. The van der Waals surface area contributed by atoms with Crippen molar-refractivity contribution in [2.24, 2.45) is 5.92 Å². The van der Waals surface area contributed by atoms with Crippen molar-refractivity contribution in [2.75, 3.05) is 9.80 Å². The van der Waals surface area contributed by atoms with E-state index < -0.39 is 40.7 Å². The summed E-state index contributed by atoms with van der Waals surface area (Å²) in [5.74, 6) is -2.61. The number of rotatable bonds is 4. The Kier molecular flexibility index (Phi) is 6.53. The quantitative estimate of drug-likeness (QED) is 0.267. The van der Waals surface area contributed by atoms with Crippen LogP contribution in [0.2, 0.25) is 0 Å². The van der Waals surface area contributed by atoms with E-state index in [1.807, 2.05) is 54.6 Å². The second-order valence-corrected chi connectivity index (χ2v) is 11.5. The van der Waals surface area contributed by atoms with Crippen molar-refractivity contribution >= 4 is 35.2 Å². The molecule has 0 bridgehead atoms. The summed E-state index contributed by atoms with van der Waals surface area (Å²) in [6.07, 6.45) is -1.03. The van der Waals surface area contributed by atoms with Crippen LogP contribution >= 0.6 is 0 Å². The van der Waals surface area contributed by atoms with E-state index in [1.54, 1.807) is 75.4 Å². The lowest BCUT2D eigenvalue weighted by Crippen LogP contribution is -2.51. The second kappa shape index (κ2) is 10.1. The Morgan fingerprint density at radius 1 is 0.762 bits per heavy atom. The van der Waals surface area contributed by atoms with Crippen molar-refractivity contribution < 1.29 is 23.9 Å². The largest absolute Gasteiger partial charge is 0.443 e. The number of hydrogen-bond donors (Lipinski definition) is 0. The summed E-state index contributed by atoms with van der Waals surface area (Å²) < 4.78 is 5.66. The molecule has 6 rings (SSSR count). The molecule has 2 atom stereocenters. The third-order valence-corrected chi connectivity index (χ3v) is 7.82. The topological polar surface area (TPSA) is 84.0 Å². The van der Waals surface area contributed by atoms with E-state index in [9.17, 15) is 19.2 Å². The Labute approximate surface area is 244 Å². The number of carbonyl (C=O) groups is 4. The highest BCUT2D eigenvalue weighted by Crippen LogP contribution is 2.54. The Hall–Kier alpha value is -5.04. The number of amides is 4. The summed E-state index contributed by atoms with van der Waals surface area (Å²) in [7, 11) is 0. The lowest BCUT2D eigenvalue weighted by Gasteiger charge is -2.34. The molecule has 2 aliphatic rings. The van der Waals surface area contributed by atoms with Crippen LogP contribution in [0.1, 0.15) is 38.3 Å². The molecular formula is C35H30N2O5. The van der Waals surface area contributed by atoms with Crippen LogP contribution in [0.25, 0.3) is 11.1 Å². The van der Waals surface area contributed by atoms with Gasteiger partial charge in [0.15, 0.2) is 0 Å². The number of fused-ring (bicyclic) bond motifs is 1. The third-order valence-electron chi connectivity index (χ3n) is 7.82. The van der Waals surface area contributed by atoms with Gasteiger partial charge in [-0.3, -0.25) is 19.3 Å². The summed E-state index contributed by atoms with van der Waals surface area (Å²) in [6, 6.07) is 32.9. The third kappa shape index (κ3) is 4.29. The van der Waals surface area contributed by atoms with Crippen molar-refractivity contribution in [1.82, 2.24) is 0 Å². The van der Waals surface area contributed by atoms with E-state index in [2.05, 4.69) is 0 Å². The fourth-order valence-corrected chi connectivity index (χ4v) is 6.08. The van der Waals surface area contributed by atoms with Gasteiger partial charge in [0, 0.05) is 6.42 Å². The Balaban J connectivity index is 1.55. The molecule has 0 aromatic heterocycles. The van der Waals surface area contributed by atoms with Gasteiger partial charge in [-0.25, -0.2) is 9.69 Å². The van der Waals surface area contributed by atoms with E-state index in [-0.39, 0.29) is 6.42 Å². The molecule has 0 radical (unpaired) electrons. The van der Waals surface area contributed by atoms with E-state index in [0.717, 1.165) is 20.9 Å². The normalized spacial score (nSPS) is 20.2. The number of para-hydroxylation sites is 2. The Bertz CT molecular complexity index is 1690. The molecule has 0 N–H and O–H groups in total. The molecule has 4 amide bonds. The van der Waals surface area contributed by atoms with Crippen LogP contribution < -0.4 is 9.80 Å². The maximum atomic E-state index is 14.8. The van der Waals surface area contributed by atoms with E-state index >= 15 is 0 Å². The van der Waals surface area contributed by atoms with E-state index in [4.69, 9.17) is 4.74 Å². The molecule has 1 fully saturated rings. The fraction of sp³-hybridized carbons (Fsp3) is 0.200. The molecule has 0 aliphatic carbocycles. The van der Waals surface area contributed by atoms with Gasteiger partial charge < -0.3 is 4.74 Å². The van der Waals surface area contributed by atoms with Crippen LogP contribution in [0.3, 0.4) is 0 Å².